The maximum absolute atomic E-state index is 11.5. The fourth-order valence-corrected chi connectivity index (χ4v) is 2.07. The normalized spacial score (nSPS) is 10.7. The summed E-state index contributed by atoms with van der Waals surface area (Å²) >= 11 is 0. The highest BCUT2D eigenvalue weighted by molar-refractivity contribution is 6.00. The Balaban J connectivity index is 2.80. The number of aryl methyl sites for hydroxylation is 1. The molecule has 0 aliphatic carbocycles. The molecule has 2 rings (SSSR count). The first-order valence-electron chi connectivity index (χ1n) is 5.36. The van der Waals surface area contributed by atoms with Gasteiger partial charge in [-0.15, -0.1) is 0 Å². The molecule has 1 heterocycles. The molecule has 0 fully saturated rings. The molecule has 3 heteroatoms. The Morgan fingerprint density at radius 1 is 1.44 bits per heavy atom. The highest BCUT2D eigenvalue weighted by Gasteiger charge is 2.13. The molecule has 3 nitrogen and oxygen atoms in total. The van der Waals surface area contributed by atoms with Gasteiger partial charge in [0.05, 0.1) is 18.3 Å². The van der Waals surface area contributed by atoms with E-state index in [1.54, 1.807) is 14.0 Å². The first-order chi connectivity index (χ1) is 7.69. The Morgan fingerprint density at radius 3 is 2.75 bits per heavy atom. The van der Waals surface area contributed by atoms with E-state index in [-0.39, 0.29) is 5.78 Å². The summed E-state index contributed by atoms with van der Waals surface area (Å²) in [5, 5.41) is 0.997. The summed E-state index contributed by atoms with van der Waals surface area (Å²) in [4.78, 5) is 11.5. The van der Waals surface area contributed by atoms with Crippen LogP contribution in [0.5, 0.6) is 5.75 Å². The third kappa shape index (κ3) is 1.48. The van der Waals surface area contributed by atoms with Crippen molar-refractivity contribution in [2.75, 3.05) is 7.11 Å². The molecule has 0 aliphatic rings. The number of benzene rings is 1. The molecule has 0 saturated heterocycles. The van der Waals surface area contributed by atoms with Crippen LogP contribution in [-0.2, 0) is 6.54 Å². The Hall–Kier alpha value is -1.77. The molecular formula is C13H15NO2. The smallest absolute Gasteiger partial charge is 0.176 e. The lowest BCUT2D eigenvalue weighted by molar-refractivity contribution is 0.100. The number of methoxy groups -OCH3 is 1. The fourth-order valence-electron chi connectivity index (χ4n) is 2.07. The van der Waals surface area contributed by atoms with Crippen molar-refractivity contribution in [3.63, 3.8) is 0 Å². The minimum absolute atomic E-state index is 0.0834. The van der Waals surface area contributed by atoms with Crippen molar-refractivity contribution in [2.45, 2.75) is 20.4 Å². The van der Waals surface area contributed by atoms with Crippen molar-refractivity contribution in [1.82, 2.24) is 4.57 Å². The lowest BCUT2D eigenvalue weighted by atomic mass is 10.2. The molecule has 0 saturated carbocycles. The van der Waals surface area contributed by atoms with Gasteiger partial charge in [0.1, 0.15) is 5.75 Å². The predicted molar refractivity (Wildman–Crippen MR) is 64.2 cm³/mol. The van der Waals surface area contributed by atoms with Gasteiger partial charge in [0.2, 0.25) is 0 Å². The van der Waals surface area contributed by atoms with E-state index in [1.165, 1.54) is 0 Å². The quantitative estimate of drug-likeness (QED) is 0.740. The van der Waals surface area contributed by atoms with Crippen LogP contribution in [0.2, 0.25) is 0 Å². The second-order valence-corrected chi connectivity index (χ2v) is 3.72. The van der Waals surface area contributed by atoms with Crippen LogP contribution >= 0.6 is 0 Å². The Kier molecular flexibility index (Phi) is 2.69. The van der Waals surface area contributed by atoms with E-state index in [0.717, 1.165) is 28.9 Å². The molecule has 2 aromatic rings. The van der Waals surface area contributed by atoms with Crippen molar-refractivity contribution in [3.05, 3.63) is 30.0 Å². The standard InChI is InChI=1S/C13H15NO2/c1-4-14-11-6-5-7-13(16-3)10(11)8-12(14)9(2)15/h5-8H,4H2,1-3H3. The van der Waals surface area contributed by atoms with Gasteiger partial charge in [-0.2, -0.15) is 0 Å². The van der Waals surface area contributed by atoms with Gasteiger partial charge >= 0.3 is 0 Å². The SMILES string of the molecule is CCn1c(C(C)=O)cc2c(OC)cccc21. The van der Waals surface area contributed by atoms with Gasteiger partial charge in [-0.3, -0.25) is 4.79 Å². The van der Waals surface area contributed by atoms with Gasteiger partial charge in [0.15, 0.2) is 5.78 Å². The van der Waals surface area contributed by atoms with E-state index in [0.29, 0.717) is 0 Å². The van der Waals surface area contributed by atoms with Gasteiger partial charge in [-0.05, 0) is 25.1 Å². The Labute approximate surface area is 94.6 Å². The second-order valence-electron chi connectivity index (χ2n) is 3.72. The molecule has 0 amide bonds. The molecule has 0 aliphatic heterocycles. The van der Waals surface area contributed by atoms with Crippen LogP contribution in [0.1, 0.15) is 24.3 Å². The monoisotopic (exact) mass is 217 g/mol. The van der Waals surface area contributed by atoms with Gasteiger partial charge < -0.3 is 9.30 Å². The number of Topliss-reactive ketones (excluding diaryl/α,β-unsaturated/α-hetero) is 1. The molecule has 0 bridgehead atoms. The van der Waals surface area contributed by atoms with Crippen LogP contribution in [0.3, 0.4) is 0 Å². The topological polar surface area (TPSA) is 31.2 Å². The van der Waals surface area contributed by atoms with E-state index in [9.17, 15) is 4.79 Å². The summed E-state index contributed by atoms with van der Waals surface area (Å²) in [6.07, 6.45) is 0. The zero-order valence-corrected chi connectivity index (χ0v) is 9.78. The third-order valence-corrected chi connectivity index (χ3v) is 2.80. The van der Waals surface area contributed by atoms with E-state index >= 15 is 0 Å². The van der Waals surface area contributed by atoms with Gasteiger partial charge in [-0.25, -0.2) is 0 Å². The van der Waals surface area contributed by atoms with Crippen molar-refractivity contribution < 1.29 is 9.53 Å². The number of hydrogen-bond donors (Lipinski definition) is 0. The van der Waals surface area contributed by atoms with Crippen LogP contribution in [0, 0.1) is 0 Å². The minimum Gasteiger partial charge on any atom is -0.496 e. The van der Waals surface area contributed by atoms with Gasteiger partial charge in [-0.1, -0.05) is 6.07 Å². The number of fused-ring (bicyclic) bond motifs is 1. The second kappa shape index (κ2) is 4.00. The molecular weight excluding hydrogens is 202 g/mol. The van der Waals surface area contributed by atoms with E-state index < -0.39 is 0 Å². The molecule has 1 aromatic heterocycles. The number of hydrogen-bond acceptors (Lipinski definition) is 2. The lowest BCUT2D eigenvalue weighted by Crippen LogP contribution is -2.04. The maximum Gasteiger partial charge on any atom is 0.176 e. The largest absolute Gasteiger partial charge is 0.496 e. The predicted octanol–water partition coefficient (Wildman–Crippen LogP) is 2.87. The highest BCUT2D eigenvalue weighted by Crippen LogP contribution is 2.28. The van der Waals surface area contributed by atoms with Crippen molar-refractivity contribution >= 4 is 16.7 Å². The summed E-state index contributed by atoms with van der Waals surface area (Å²) in [5.74, 6) is 0.896. The third-order valence-electron chi connectivity index (χ3n) is 2.80. The van der Waals surface area contributed by atoms with Gasteiger partial charge in [0, 0.05) is 18.9 Å². The van der Waals surface area contributed by atoms with Gasteiger partial charge in [0.25, 0.3) is 0 Å². The zero-order valence-electron chi connectivity index (χ0n) is 9.78. The summed E-state index contributed by atoms with van der Waals surface area (Å²) < 4.78 is 7.31. The highest BCUT2D eigenvalue weighted by atomic mass is 16.5. The molecule has 16 heavy (non-hydrogen) atoms. The molecule has 84 valence electrons. The van der Waals surface area contributed by atoms with Crippen molar-refractivity contribution in [2.24, 2.45) is 0 Å². The lowest BCUT2D eigenvalue weighted by Gasteiger charge is -2.05. The van der Waals surface area contributed by atoms with Crippen molar-refractivity contribution in [3.8, 4) is 5.75 Å². The van der Waals surface area contributed by atoms with Crippen LogP contribution in [0.25, 0.3) is 10.9 Å². The van der Waals surface area contributed by atoms with Crippen LogP contribution < -0.4 is 4.74 Å². The van der Waals surface area contributed by atoms with Crippen LogP contribution in [0.4, 0.5) is 0 Å². The zero-order chi connectivity index (χ0) is 11.7. The summed E-state index contributed by atoms with van der Waals surface area (Å²) in [6.45, 7) is 4.41. The molecule has 0 unspecified atom stereocenters. The fraction of sp³-hybridized carbons (Fsp3) is 0.308. The van der Waals surface area contributed by atoms with E-state index in [1.807, 2.05) is 35.8 Å². The van der Waals surface area contributed by atoms with Crippen molar-refractivity contribution in [1.29, 1.82) is 0 Å². The number of rotatable bonds is 3. The summed E-state index contributed by atoms with van der Waals surface area (Å²) in [5.41, 5.74) is 1.79. The van der Waals surface area contributed by atoms with Crippen LogP contribution in [0.15, 0.2) is 24.3 Å². The van der Waals surface area contributed by atoms with E-state index in [4.69, 9.17) is 4.74 Å². The molecule has 0 radical (unpaired) electrons. The summed E-state index contributed by atoms with van der Waals surface area (Å²) in [7, 11) is 1.64. The minimum atomic E-state index is 0.0834. The Bertz CT molecular complexity index is 540. The molecule has 0 atom stereocenters. The van der Waals surface area contributed by atoms with Crippen LogP contribution in [-0.4, -0.2) is 17.5 Å². The first-order valence-corrected chi connectivity index (χ1v) is 5.36. The average Bonchev–Trinajstić information content (AvgIpc) is 2.67. The number of nitrogens with zero attached hydrogens (tertiary/aromatic N) is 1. The number of ketones is 1. The summed E-state index contributed by atoms with van der Waals surface area (Å²) in [6, 6.07) is 7.76. The number of carbonyl (C=O) groups is 1. The van der Waals surface area contributed by atoms with E-state index in [2.05, 4.69) is 0 Å². The average molecular weight is 217 g/mol. The Morgan fingerprint density at radius 2 is 2.19 bits per heavy atom. The number of carbonyl (C=O) groups excluding carboxylic acids is 1. The molecule has 0 N–H and O–H groups in total. The number of aromatic nitrogens is 1. The molecule has 1 aromatic carbocycles. The number of ether oxygens (including phenoxy) is 1. The maximum atomic E-state index is 11.5. The first kappa shape index (κ1) is 10.7. The molecule has 0 spiro atoms.